The Labute approximate surface area is 164 Å². The van der Waals surface area contributed by atoms with Crippen molar-refractivity contribution in [2.24, 2.45) is 11.8 Å². The molecule has 0 aliphatic carbocycles. The van der Waals surface area contributed by atoms with Gasteiger partial charge in [-0.15, -0.1) is 6.58 Å². The van der Waals surface area contributed by atoms with Crippen LogP contribution >= 0.6 is 0 Å². The van der Waals surface area contributed by atoms with Crippen molar-refractivity contribution >= 4 is 16.9 Å². The summed E-state index contributed by atoms with van der Waals surface area (Å²) in [7, 11) is 1.64. The fourth-order valence-electron chi connectivity index (χ4n) is 4.78. The number of aliphatic carboxylic acids is 1. The number of hydrogen-bond acceptors (Lipinski definition) is 5. The molecule has 3 aliphatic heterocycles. The van der Waals surface area contributed by atoms with E-state index < -0.39 is 5.97 Å². The van der Waals surface area contributed by atoms with Gasteiger partial charge in [-0.2, -0.15) is 0 Å². The van der Waals surface area contributed by atoms with E-state index in [2.05, 4.69) is 22.5 Å². The number of carboxylic acid groups (broad SMARTS) is 1. The quantitative estimate of drug-likeness (QED) is 0.741. The van der Waals surface area contributed by atoms with Crippen LogP contribution in [0.5, 0.6) is 5.75 Å². The molecular weight excluding hydrogens is 356 g/mol. The van der Waals surface area contributed by atoms with E-state index in [1.54, 1.807) is 13.3 Å². The van der Waals surface area contributed by atoms with E-state index in [0.29, 0.717) is 11.8 Å². The van der Waals surface area contributed by atoms with Gasteiger partial charge in [0.1, 0.15) is 12.4 Å². The number of rotatable bonds is 7. The first-order valence-electron chi connectivity index (χ1n) is 9.73. The minimum Gasteiger partial charge on any atom is -0.497 e. The smallest absolute Gasteiger partial charge is 0.329 e. The normalized spacial score (nSPS) is 27.5. The van der Waals surface area contributed by atoms with Crippen molar-refractivity contribution in [2.45, 2.75) is 25.0 Å². The summed E-state index contributed by atoms with van der Waals surface area (Å²) < 4.78 is 11.4. The maximum absolute atomic E-state index is 11.3. The zero-order valence-electron chi connectivity index (χ0n) is 16.1. The first-order chi connectivity index (χ1) is 13.6. The number of carboxylic acids is 1. The van der Waals surface area contributed by atoms with Crippen molar-refractivity contribution in [3.8, 4) is 5.75 Å². The maximum Gasteiger partial charge on any atom is 0.329 e. The Morgan fingerprint density at radius 1 is 1.46 bits per heavy atom. The van der Waals surface area contributed by atoms with E-state index in [4.69, 9.17) is 9.47 Å². The topological polar surface area (TPSA) is 71.9 Å². The summed E-state index contributed by atoms with van der Waals surface area (Å²) in [4.78, 5) is 18.2. The molecule has 28 heavy (non-hydrogen) atoms. The number of fused-ring (bicyclic) bond motifs is 4. The zero-order valence-corrected chi connectivity index (χ0v) is 16.1. The minimum atomic E-state index is -0.958. The lowest BCUT2D eigenvalue weighted by atomic mass is 9.73. The first kappa shape index (κ1) is 18.9. The number of hydrogen-bond donors (Lipinski definition) is 1. The maximum atomic E-state index is 11.3. The molecular formula is C22H26N2O4. The Morgan fingerprint density at radius 2 is 2.32 bits per heavy atom. The standard InChI is InChI=1S/C22H26N2O4/c1-3-14-12-24-9-7-15(14)10-20(24)22(28-13-21(25)26)17-6-8-23-19-5-4-16(27-2)11-18(17)19/h3-6,8,11,14-15,20,22H,1,7,9-10,12-13H2,2H3,(H,25,26)/t14-,15-,20-,22+/m0/s1. The molecule has 1 unspecified atom stereocenters. The van der Waals surface area contributed by atoms with Gasteiger partial charge in [0.2, 0.25) is 0 Å². The molecule has 2 aromatic rings. The number of carbonyl (C=O) groups is 1. The predicted molar refractivity (Wildman–Crippen MR) is 106 cm³/mol. The van der Waals surface area contributed by atoms with E-state index in [1.165, 1.54) is 0 Å². The Balaban J connectivity index is 1.74. The van der Waals surface area contributed by atoms with Crippen molar-refractivity contribution in [3.63, 3.8) is 0 Å². The monoisotopic (exact) mass is 382 g/mol. The molecule has 0 saturated carbocycles. The first-order valence-corrected chi connectivity index (χ1v) is 9.73. The van der Waals surface area contributed by atoms with Crippen molar-refractivity contribution in [3.05, 3.63) is 48.7 Å². The van der Waals surface area contributed by atoms with Crippen LogP contribution in [0.4, 0.5) is 0 Å². The third-order valence-electron chi connectivity index (χ3n) is 6.18. The van der Waals surface area contributed by atoms with E-state index in [0.717, 1.165) is 48.1 Å². The van der Waals surface area contributed by atoms with E-state index in [1.807, 2.05) is 24.3 Å². The highest BCUT2D eigenvalue weighted by Crippen LogP contribution is 2.43. The number of methoxy groups -OCH3 is 1. The molecule has 0 radical (unpaired) electrons. The lowest BCUT2D eigenvalue weighted by molar-refractivity contribution is -0.148. The van der Waals surface area contributed by atoms with Gasteiger partial charge in [-0.25, -0.2) is 4.79 Å². The molecule has 3 saturated heterocycles. The Hall–Kier alpha value is -2.44. The predicted octanol–water partition coefficient (Wildman–Crippen LogP) is 3.28. The Bertz CT molecular complexity index is 884. The van der Waals surface area contributed by atoms with Gasteiger partial charge in [-0.3, -0.25) is 9.88 Å². The van der Waals surface area contributed by atoms with Gasteiger partial charge >= 0.3 is 5.97 Å². The fourth-order valence-corrected chi connectivity index (χ4v) is 4.78. The lowest BCUT2D eigenvalue weighted by Gasteiger charge is -2.51. The Morgan fingerprint density at radius 3 is 3.00 bits per heavy atom. The SMILES string of the molecule is C=C[C@H]1CN2CC[C@H]1C[C@H]2[C@H](OCC(=O)O)c1ccnc2ccc(OC)cc12. The van der Waals surface area contributed by atoms with E-state index in [9.17, 15) is 9.90 Å². The molecule has 4 heterocycles. The minimum absolute atomic E-state index is 0.145. The van der Waals surface area contributed by atoms with Crippen LogP contribution < -0.4 is 4.74 Å². The molecule has 5 rings (SSSR count). The number of aromatic nitrogens is 1. The molecule has 3 fully saturated rings. The summed E-state index contributed by atoms with van der Waals surface area (Å²) >= 11 is 0. The van der Waals surface area contributed by atoms with Gasteiger partial charge in [0.25, 0.3) is 0 Å². The highest BCUT2D eigenvalue weighted by Gasteiger charge is 2.43. The second kappa shape index (κ2) is 7.89. The zero-order chi connectivity index (χ0) is 19.7. The van der Waals surface area contributed by atoms with Crippen LogP contribution in [0.1, 0.15) is 24.5 Å². The second-order valence-corrected chi connectivity index (χ2v) is 7.65. The average molecular weight is 382 g/mol. The van der Waals surface area contributed by atoms with E-state index >= 15 is 0 Å². The van der Waals surface area contributed by atoms with Gasteiger partial charge in [0, 0.05) is 24.2 Å². The van der Waals surface area contributed by atoms with Crippen LogP contribution in [0.25, 0.3) is 10.9 Å². The number of ether oxygens (including phenoxy) is 2. The molecule has 2 bridgehead atoms. The third kappa shape index (κ3) is 3.50. The summed E-state index contributed by atoms with van der Waals surface area (Å²) in [5, 5.41) is 10.2. The van der Waals surface area contributed by atoms with Gasteiger partial charge in [-0.05, 0) is 61.1 Å². The van der Waals surface area contributed by atoms with Gasteiger partial charge in [-0.1, -0.05) is 6.08 Å². The van der Waals surface area contributed by atoms with E-state index in [-0.39, 0.29) is 18.8 Å². The second-order valence-electron chi connectivity index (χ2n) is 7.65. The lowest BCUT2D eigenvalue weighted by Crippen LogP contribution is -2.55. The van der Waals surface area contributed by atoms with Gasteiger partial charge in [0.05, 0.1) is 18.7 Å². The number of benzene rings is 1. The molecule has 0 amide bonds. The third-order valence-corrected chi connectivity index (χ3v) is 6.18. The van der Waals surface area contributed by atoms with Crippen LogP contribution in [0.15, 0.2) is 43.1 Å². The van der Waals surface area contributed by atoms with Crippen molar-refractivity contribution in [2.75, 3.05) is 26.8 Å². The van der Waals surface area contributed by atoms with Crippen LogP contribution in [-0.4, -0.2) is 53.8 Å². The number of piperidine rings is 3. The molecule has 1 N–H and O–H groups in total. The van der Waals surface area contributed by atoms with Crippen molar-refractivity contribution in [1.29, 1.82) is 0 Å². The number of pyridine rings is 1. The van der Waals surface area contributed by atoms with Crippen molar-refractivity contribution in [1.82, 2.24) is 9.88 Å². The molecule has 5 atom stereocenters. The molecule has 1 aromatic heterocycles. The fraction of sp³-hybridized carbons (Fsp3) is 0.455. The van der Waals surface area contributed by atoms with Crippen LogP contribution in [0, 0.1) is 11.8 Å². The highest BCUT2D eigenvalue weighted by atomic mass is 16.5. The largest absolute Gasteiger partial charge is 0.497 e. The number of nitrogens with zero attached hydrogens (tertiary/aromatic N) is 2. The summed E-state index contributed by atoms with van der Waals surface area (Å²) in [6.07, 6.45) is 5.64. The van der Waals surface area contributed by atoms with Crippen LogP contribution in [0.2, 0.25) is 0 Å². The molecule has 148 valence electrons. The van der Waals surface area contributed by atoms with Gasteiger partial charge in [0.15, 0.2) is 0 Å². The van der Waals surface area contributed by atoms with Crippen LogP contribution in [0.3, 0.4) is 0 Å². The molecule has 1 aromatic carbocycles. The summed E-state index contributed by atoms with van der Waals surface area (Å²) in [6, 6.07) is 7.85. The molecule has 3 aliphatic rings. The van der Waals surface area contributed by atoms with Crippen molar-refractivity contribution < 1.29 is 19.4 Å². The highest BCUT2D eigenvalue weighted by molar-refractivity contribution is 5.84. The summed E-state index contributed by atoms with van der Waals surface area (Å²) in [6.45, 7) is 5.64. The summed E-state index contributed by atoms with van der Waals surface area (Å²) in [5.41, 5.74) is 1.82. The average Bonchev–Trinajstić information content (AvgIpc) is 2.73. The van der Waals surface area contributed by atoms with Crippen LogP contribution in [-0.2, 0) is 9.53 Å². The molecule has 0 spiro atoms. The van der Waals surface area contributed by atoms with Gasteiger partial charge < -0.3 is 14.6 Å². The Kier molecular flexibility index (Phi) is 5.33. The molecule has 6 nitrogen and oxygen atoms in total. The summed E-state index contributed by atoms with van der Waals surface area (Å²) in [5.74, 6) is 0.863. The molecule has 6 heteroatoms.